The molecule has 0 fully saturated rings. The van der Waals surface area contributed by atoms with E-state index in [1.165, 1.54) is 5.56 Å². The molecule has 1 heterocycles. The van der Waals surface area contributed by atoms with Gasteiger partial charge in [-0.25, -0.2) is 0 Å². The van der Waals surface area contributed by atoms with Crippen LogP contribution in [0.15, 0.2) is 18.2 Å². The molecule has 0 aliphatic carbocycles. The van der Waals surface area contributed by atoms with Gasteiger partial charge in [0, 0.05) is 23.7 Å². The number of ether oxygens (including phenoxy) is 1. The van der Waals surface area contributed by atoms with Crippen LogP contribution in [0.2, 0.25) is 5.02 Å². The van der Waals surface area contributed by atoms with E-state index in [0.29, 0.717) is 6.61 Å². The van der Waals surface area contributed by atoms with E-state index < -0.39 is 0 Å². The minimum atomic E-state index is 0. The van der Waals surface area contributed by atoms with Gasteiger partial charge in [0.25, 0.3) is 0 Å². The molecule has 0 saturated heterocycles. The molecule has 1 aliphatic rings. The van der Waals surface area contributed by atoms with E-state index >= 15 is 0 Å². The number of hydrogen-bond donors (Lipinski definition) is 1. The first kappa shape index (κ1) is 10.6. The molecule has 0 radical (unpaired) electrons. The molecule has 1 aromatic carbocycles. The largest absolute Gasteiger partial charge is 0.492 e. The van der Waals surface area contributed by atoms with E-state index in [1.807, 2.05) is 18.2 Å². The monoisotopic (exact) mass is 219 g/mol. The van der Waals surface area contributed by atoms with Crippen molar-refractivity contribution in [2.75, 3.05) is 13.2 Å². The Bertz CT molecular complexity index is 291. The maximum absolute atomic E-state index is 5.83. The average molecular weight is 220 g/mol. The smallest absolute Gasteiger partial charge is 0.125 e. The Morgan fingerprint density at radius 3 is 3.08 bits per heavy atom. The summed E-state index contributed by atoms with van der Waals surface area (Å²) in [6.45, 7) is 2.48. The second-order valence-electron chi connectivity index (χ2n) is 2.78. The summed E-state index contributed by atoms with van der Waals surface area (Å²) >= 11 is 5.83. The molecule has 13 heavy (non-hydrogen) atoms. The third-order valence-electron chi connectivity index (χ3n) is 1.88. The van der Waals surface area contributed by atoms with Crippen LogP contribution in [0, 0.1) is 0 Å². The standard InChI is InChI=1S/C9H10ClNO.ClH/c10-8-2-1-7-6-11-3-4-12-9(7)5-8;/h1-2,5,11H,3-4,6H2;1H. The lowest BCUT2D eigenvalue weighted by molar-refractivity contribution is 0.326. The van der Waals surface area contributed by atoms with Crippen LogP contribution in [-0.4, -0.2) is 13.2 Å². The first-order valence-corrected chi connectivity index (χ1v) is 4.36. The SMILES string of the molecule is Cl.Clc1ccc2c(c1)OCCNC2. The minimum Gasteiger partial charge on any atom is -0.492 e. The Morgan fingerprint density at radius 1 is 1.38 bits per heavy atom. The van der Waals surface area contributed by atoms with E-state index in [4.69, 9.17) is 16.3 Å². The van der Waals surface area contributed by atoms with Gasteiger partial charge >= 0.3 is 0 Å². The third kappa shape index (κ3) is 2.50. The molecule has 0 spiro atoms. The lowest BCUT2D eigenvalue weighted by atomic mass is 10.2. The molecule has 1 aliphatic heterocycles. The van der Waals surface area contributed by atoms with E-state index in [1.54, 1.807) is 0 Å². The zero-order valence-corrected chi connectivity index (χ0v) is 8.62. The molecule has 0 bridgehead atoms. The van der Waals surface area contributed by atoms with E-state index in [0.717, 1.165) is 23.9 Å². The summed E-state index contributed by atoms with van der Waals surface area (Å²) in [5.74, 6) is 0.910. The van der Waals surface area contributed by atoms with Crippen LogP contribution < -0.4 is 10.1 Å². The average Bonchev–Trinajstić information content (AvgIpc) is 2.28. The van der Waals surface area contributed by atoms with Crippen LogP contribution in [0.1, 0.15) is 5.56 Å². The van der Waals surface area contributed by atoms with Crippen LogP contribution in [0.5, 0.6) is 5.75 Å². The van der Waals surface area contributed by atoms with E-state index in [-0.39, 0.29) is 12.4 Å². The van der Waals surface area contributed by atoms with Crippen LogP contribution in [0.25, 0.3) is 0 Å². The summed E-state index contributed by atoms with van der Waals surface area (Å²) in [5.41, 5.74) is 1.18. The summed E-state index contributed by atoms with van der Waals surface area (Å²) in [7, 11) is 0. The van der Waals surface area contributed by atoms with Gasteiger partial charge in [-0.15, -0.1) is 12.4 Å². The zero-order valence-electron chi connectivity index (χ0n) is 7.05. The van der Waals surface area contributed by atoms with Gasteiger partial charge in [0.2, 0.25) is 0 Å². The minimum absolute atomic E-state index is 0. The maximum Gasteiger partial charge on any atom is 0.125 e. The number of benzene rings is 1. The molecule has 0 amide bonds. The number of rotatable bonds is 0. The molecule has 1 aromatic rings. The van der Waals surface area contributed by atoms with Gasteiger partial charge in [-0.2, -0.15) is 0 Å². The summed E-state index contributed by atoms with van der Waals surface area (Å²) < 4.78 is 5.48. The molecule has 0 atom stereocenters. The molecule has 0 aromatic heterocycles. The number of halogens is 2. The normalized spacial score (nSPS) is 14.8. The van der Waals surface area contributed by atoms with Crippen molar-refractivity contribution in [3.05, 3.63) is 28.8 Å². The lowest BCUT2D eigenvalue weighted by Crippen LogP contribution is -2.16. The Labute approximate surface area is 88.6 Å². The Morgan fingerprint density at radius 2 is 2.23 bits per heavy atom. The summed E-state index contributed by atoms with van der Waals surface area (Å²) in [6, 6.07) is 5.75. The van der Waals surface area contributed by atoms with Crippen LogP contribution >= 0.6 is 24.0 Å². The molecule has 0 saturated carbocycles. The third-order valence-corrected chi connectivity index (χ3v) is 2.12. The fourth-order valence-electron chi connectivity index (χ4n) is 1.27. The highest BCUT2D eigenvalue weighted by molar-refractivity contribution is 6.30. The molecule has 2 rings (SSSR count). The number of nitrogens with one attached hydrogen (secondary N) is 1. The van der Waals surface area contributed by atoms with Crippen LogP contribution in [-0.2, 0) is 6.54 Å². The Hall–Kier alpha value is -0.440. The summed E-state index contributed by atoms with van der Waals surface area (Å²) in [5, 5.41) is 3.99. The molecule has 2 nitrogen and oxygen atoms in total. The van der Waals surface area contributed by atoms with Crippen molar-refractivity contribution < 1.29 is 4.74 Å². The second kappa shape index (κ2) is 4.70. The van der Waals surface area contributed by atoms with E-state index in [2.05, 4.69) is 5.32 Å². The molecule has 0 unspecified atom stereocenters. The van der Waals surface area contributed by atoms with Gasteiger partial charge in [-0.1, -0.05) is 17.7 Å². The fourth-order valence-corrected chi connectivity index (χ4v) is 1.43. The fraction of sp³-hybridized carbons (Fsp3) is 0.333. The van der Waals surface area contributed by atoms with Crippen molar-refractivity contribution in [3.8, 4) is 5.75 Å². The van der Waals surface area contributed by atoms with Crippen LogP contribution in [0.4, 0.5) is 0 Å². The van der Waals surface area contributed by atoms with Gasteiger partial charge in [-0.3, -0.25) is 0 Å². The maximum atomic E-state index is 5.83. The first-order valence-electron chi connectivity index (χ1n) is 3.98. The Kier molecular flexibility index (Phi) is 3.85. The lowest BCUT2D eigenvalue weighted by Gasteiger charge is -2.05. The number of fused-ring (bicyclic) bond motifs is 1. The van der Waals surface area contributed by atoms with Crippen molar-refractivity contribution in [1.29, 1.82) is 0 Å². The highest BCUT2D eigenvalue weighted by Gasteiger charge is 2.07. The summed E-state index contributed by atoms with van der Waals surface area (Å²) in [4.78, 5) is 0. The van der Waals surface area contributed by atoms with Gasteiger partial charge in [0.1, 0.15) is 12.4 Å². The number of hydrogen-bond acceptors (Lipinski definition) is 2. The first-order chi connectivity index (χ1) is 5.86. The molecule has 72 valence electrons. The molecular weight excluding hydrogens is 209 g/mol. The highest BCUT2D eigenvalue weighted by Crippen LogP contribution is 2.24. The van der Waals surface area contributed by atoms with Gasteiger partial charge < -0.3 is 10.1 Å². The van der Waals surface area contributed by atoms with Gasteiger partial charge in [-0.05, 0) is 12.1 Å². The molecule has 1 N–H and O–H groups in total. The predicted molar refractivity (Wildman–Crippen MR) is 55.9 cm³/mol. The van der Waals surface area contributed by atoms with Gasteiger partial charge in [0.05, 0.1) is 0 Å². The zero-order chi connectivity index (χ0) is 8.39. The molecule has 4 heteroatoms. The quantitative estimate of drug-likeness (QED) is 0.723. The predicted octanol–water partition coefficient (Wildman–Crippen LogP) is 2.24. The molecular formula is C9H11Cl2NO. The van der Waals surface area contributed by atoms with E-state index in [9.17, 15) is 0 Å². The van der Waals surface area contributed by atoms with Gasteiger partial charge in [0.15, 0.2) is 0 Å². The van der Waals surface area contributed by atoms with Crippen molar-refractivity contribution in [1.82, 2.24) is 5.32 Å². The topological polar surface area (TPSA) is 21.3 Å². The van der Waals surface area contributed by atoms with Crippen LogP contribution in [0.3, 0.4) is 0 Å². The Balaban J connectivity index is 0.000000845. The highest BCUT2D eigenvalue weighted by atomic mass is 35.5. The second-order valence-corrected chi connectivity index (χ2v) is 3.21. The van der Waals surface area contributed by atoms with Crippen molar-refractivity contribution >= 4 is 24.0 Å². The van der Waals surface area contributed by atoms with Crippen molar-refractivity contribution in [3.63, 3.8) is 0 Å². The van der Waals surface area contributed by atoms with Crippen molar-refractivity contribution in [2.45, 2.75) is 6.54 Å². The summed E-state index contributed by atoms with van der Waals surface area (Å²) in [6.07, 6.45) is 0. The van der Waals surface area contributed by atoms with Crippen molar-refractivity contribution in [2.24, 2.45) is 0 Å².